The quantitative estimate of drug-likeness (QED) is 0.361. The number of ether oxygens (including phenoxy) is 1. The Hall–Kier alpha value is 0.830. The van der Waals surface area contributed by atoms with E-state index in [1.165, 1.54) is 6.92 Å². The first-order chi connectivity index (χ1) is 5.56. The summed E-state index contributed by atoms with van der Waals surface area (Å²) in [6.07, 6.45) is 0. The normalized spacial score (nSPS) is 16.5. The van der Waals surface area contributed by atoms with Crippen LogP contribution in [-0.2, 0) is 14.9 Å². The monoisotopic (exact) mass is 219 g/mol. The molecular formula is C6H14NNaO4S. The van der Waals surface area contributed by atoms with Gasteiger partial charge >= 0.3 is 29.6 Å². The van der Waals surface area contributed by atoms with Gasteiger partial charge in [-0.05, 0) is 0 Å². The second-order valence-corrected chi connectivity index (χ2v) is 3.90. The van der Waals surface area contributed by atoms with E-state index in [-0.39, 0.29) is 35.3 Å². The van der Waals surface area contributed by atoms with Crippen molar-refractivity contribution in [3.05, 3.63) is 0 Å². The van der Waals surface area contributed by atoms with E-state index < -0.39 is 10.1 Å². The van der Waals surface area contributed by atoms with E-state index in [2.05, 4.69) is 5.32 Å². The fourth-order valence-electron chi connectivity index (χ4n) is 0.516. The van der Waals surface area contributed by atoms with Crippen LogP contribution in [0.2, 0.25) is 0 Å². The molecule has 0 saturated carbocycles. The molecule has 1 fully saturated rings. The fraction of sp³-hybridized carbons (Fsp3) is 1.00. The topological polar surface area (TPSA) is 78.5 Å². The van der Waals surface area contributed by atoms with E-state index >= 15 is 0 Å². The Bertz CT molecular complexity index is 179. The molecular weight excluding hydrogens is 205 g/mol. The molecule has 1 aliphatic rings. The molecule has 0 aromatic heterocycles. The van der Waals surface area contributed by atoms with Crippen LogP contribution in [0.3, 0.4) is 0 Å². The van der Waals surface area contributed by atoms with Crippen LogP contribution < -0.4 is 34.9 Å². The van der Waals surface area contributed by atoms with Crippen LogP contribution >= 0.6 is 0 Å². The van der Waals surface area contributed by atoms with Gasteiger partial charge in [0.25, 0.3) is 0 Å². The maximum Gasteiger partial charge on any atom is 1.00 e. The maximum absolute atomic E-state index is 9.44. The van der Waals surface area contributed by atoms with Gasteiger partial charge in [0.1, 0.15) is 0 Å². The van der Waals surface area contributed by atoms with Gasteiger partial charge in [-0.1, -0.05) is 6.92 Å². The number of hydrogen-bond donors (Lipinski definition) is 1. The van der Waals surface area contributed by atoms with Crippen molar-refractivity contribution in [3.8, 4) is 0 Å². The minimum Gasteiger partial charge on any atom is -0.748 e. The molecule has 0 aromatic carbocycles. The first-order valence-corrected chi connectivity index (χ1v) is 5.36. The van der Waals surface area contributed by atoms with Gasteiger partial charge < -0.3 is 14.6 Å². The molecule has 1 aliphatic heterocycles. The van der Waals surface area contributed by atoms with Crippen LogP contribution in [0.25, 0.3) is 0 Å². The van der Waals surface area contributed by atoms with E-state index in [1.54, 1.807) is 0 Å². The zero-order valence-electron chi connectivity index (χ0n) is 8.08. The van der Waals surface area contributed by atoms with Crippen molar-refractivity contribution in [2.24, 2.45) is 0 Å². The SMILES string of the molecule is C1COCCN1.CCS(=O)(=O)[O-].[Na+]. The van der Waals surface area contributed by atoms with Gasteiger partial charge in [-0.15, -0.1) is 0 Å². The average molecular weight is 219 g/mol. The van der Waals surface area contributed by atoms with Crippen molar-refractivity contribution in [2.75, 3.05) is 32.1 Å². The molecule has 0 spiro atoms. The predicted molar refractivity (Wildman–Crippen MR) is 43.9 cm³/mol. The summed E-state index contributed by atoms with van der Waals surface area (Å²) in [5.74, 6) is -0.312. The minimum atomic E-state index is -3.91. The van der Waals surface area contributed by atoms with Gasteiger partial charge in [0.05, 0.1) is 23.3 Å². The molecule has 0 bridgehead atoms. The molecule has 5 nitrogen and oxygen atoms in total. The molecule has 1 heterocycles. The largest absolute Gasteiger partial charge is 1.00 e. The molecule has 74 valence electrons. The molecule has 1 saturated heterocycles. The summed E-state index contributed by atoms with van der Waals surface area (Å²) >= 11 is 0. The zero-order valence-corrected chi connectivity index (χ0v) is 10.9. The Balaban J connectivity index is 0. The third-order valence-electron chi connectivity index (χ3n) is 1.20. The van der Waals surface area contributed by atoms with Crippen molar-refractivity contribution < 1.29 is 47.3 Å². The Morgan fingerprint density at radius 3 is 1.85 bits per heavy atom. The summed E-state index contributed by atoms with van der Waals surface area (Å²) in [7, 11) is -3.91. The number of morpholine rings is 1. The summed E-state index contributed by atoms with van der Waals surface area (Å²) < 4.78 is 33.3. The number of hydrogen-bond acceptors (Lipinski definition) is 5. The standard InChI is InChI=1S/C4H9NO.C2H6O3S.Na/c1-3-6-4-2-5-1;1-2-6(3,4)5;/h5H,1-4H2;2H2,1H3,(H,3,4,5);/q;;+1/p-1. The molecule has 1 N–H and O–H groups in total. The van der Waals surface area contributed by atoms with Crippen molar-refractivity contribution in [3.63, 3.8) is 0 Å². The average Bonchev–Trinajstić information content (AvgIpc) is 2.07. The first-order valence-electron chi connectivity index (χ1n) is 3.78. The molecule has 0 unspecified atom stereocenters. The van der Waals surface area contributed by atoms with Crippen molar-refractivity contribution in [1.82, 2.24) is 5.32 Å². The van der Waals surface area contributed by atoms with Crippen molar-refractivity contribution in [1.29, 1.82) is 0 Å². The number of nitrogens with one attached hydrogen (secondary N) is 1. The first kappa shape index (κ1) is 16.3. The van der Waals surface area contributed by atoms with Gasteiger partial charge in [0, 0.05) is 18.8 Å². The van der Waals surface area contributed by atoms with Crippen LogP contribution in [0.4, 0.5) is 0 Å². The summed E-state index contributed by atoms with van der Waals surface area (Å²) in [5, 5.41) is 3.16. The summed E-state index contributed by atoms with van der Waals surface area (Å²) in [5.41, 5.74) is 0. The van der Waals surface area contributed by atoms with E-state index in [1.807, 2.05) is 0 Å². The van der Waals surface area contributed by atoms with Gasteiger partial charge in [0.15, 0.2) is 0 Å². The molecule has 0 amide bonds. The van der Waals surface area contributed by atoms with Crippen LogP contribution in [0, 0.1) is 0 Å². The second kappa shape index (κ2) is 9.39. The molecule has 0 radical (unpaired) electrons. The molecule has 0 atom stereocenters. The van der Waals surface area contributed by atoms with E-state index in [0.29, 0.717) is 0 Å². The van der Waals surface area contributed by atoms with Gasteiger partial charge in [-0.2, -0.15) is 0 Å². The van der Waals surface area contributed by atoms with Crippen LogP contribution in [0.15, 0.2) is 0 Å². The smallest absolute Gasteiger partial charge is 0.748 e. The van der Waals surface area contributed by atoms with Crippen LogP contribution in [-0.4, -0.2) is 45.0 Å². The fourth-order valence-corrected chi connectivity index (χ4v) is 0.516. The van der Waals surface area contributed by atoms with Gasteiger partial charge in [-0.25, -0.2) is 8.42 Å². The van der Waals surface area contributed by atoms with Gasteiger partial charge in [-0.3, -0.25) is 0 Å². The van der Waals surface area contributed by atoms with E-state index in [4.69, 9.17) is 4.74 Å². The maximum atomic E-state index is 9.44. The van der Waals surface area contributed by atoms with E-state index in [0.717, 1.165) is 26.3 Å². The Morgan fingerprint density at radius 2 is 1.77 bits per heavy atom. The summed E-state index contributed by atoms with van der Waals surface area (Å²) in [6.45, 7) is 5.14. The van der Waals surface area contributed by atoms with Crippen molar-refractivity contribution in [2.45, 2.75) is 6.92 Å². The molecule has 7 heteroatoms. The molecule has 1 rings (SSSR count). The third kappa shape index (κ3) is 15.6. The van der Waals surface area contributed by atoms with Gasteiger partial charge in [0.2, 0.25) is 0 Å². The number of rotatable bonds is 1. The Kier molecular flexibility index (Phi) is 11.7. The van der Waals surface area contributed by atoms with Crippen LogP contribution in [0.5, 0.6) is 0 Å². The molecule has 0 aromatic rings. The molecule has 0 aliphatic carbocycles. The summed E-state index contributed by atoms with van der Waals surface area (Å²) in [4.78, 5) is 0. The zero-order chi connectivity index (χ0) is 9.45. The van der Waals surface area contributed by atoms with E-state index in [9.17, 15) is 13.0 Å². The third-order valence-corrected chi connectivity index (χ3v) is 1.91. The summed E-state index contributed by atoms with van der Waals surface area (Å²) in [6, 6.07) is 0. The Labute approximate surface area is 101 Å². The molecule has 13 heavy (non-hydrogen) atoms. The predicted octanol–water partition coefficient (Wildman–Crippen LogP) is -3.84. The van der Waals surface area contributed by atoms with Crippen molar-refractivity contribution >= 4 is 10.1 Å². The minimum absolute atomic E-state index is 0. The Morgan fingerprint density at radius 1 is 1.38 bits per heavy atom. The van der Waals surface area contributed by atoms with Crippen LogP contribution in [0.1, 0.15) is 6.92 Å². The second-order valence-electron chi connectivity index (χ2n) is 2.21.